The summed E-state index contributed by atoms with van der Waals surface area (Å²) >= 11 is 15.3. The molecule has 0 saturated heterocycles. The normalized spacial score (nSPS) is 12.5. The molecular formula is C14H9BrCl2F2. The van der Waals surface area contributed by atoms with Crippen LogP contribution in [0.3, 0.4) is 0 Å². The van der Waals surface area contributed by atoms with Gasteiger partial charge < -0.3 is 0 Å². The molecule has 19 heavy (non-hydrogen) atoms. The van der Waals surface area contributed by atoms with Crippen LogP contribution in [0.4, 0.5) is 8.78 Å². The summed E-state index contributed by atoms with van der Waals surface area (Å²) in [6.45, 7) is 1.65. The van der Waals surface area contributed by atoms with Gasteiger partial charge in [-0.3, -0.25) is 0 Å². The van der Waals surface area contributed by atoms with Gasteiger partial charge in [0.2, 0.25) is 0 Å². The molecular weight excluding hydrogens is 357 g/mol. The molecule has 0 heterocycles. The first-order valence-corrected chi connectivity index (χ1v) is 7.05. The fourth-order valence-electron chi connectivity index (χ4n) is 1.68. The van der Waals surface area contributed by atoms with E-state index in [1.54, 1.807) is 19.1 Å². The van der Waals surface area contributed by atoms with Gasteiger partial charge in [-0.05, 0) is 52.2 Å². The maximum absolute atomic E-state index is 13.9. The topological polar surface area (TPSA) is 0 Å². The van der Waals surface area contributed by atoms with E-state index in [-0.39, 0.29) is 11.4 Å². The summed E-state index contributed by atoms with van der Waals surface area (Å²) < 4.78 is 27.8. The Hall–Kier alpha value is -0.640. The number of hydrogen-bond donors (Lipinski definition) is 0. The van der Waals surface area contributed by atoms with Crippen molar-refractivity contribution in [2.45, 2.75) is 12.3 Å². The molecule has 1 unspecified atom stereocenters. The van der Waals surface area contributed by atoms with Gasteiger partial charge in [-0.1, -0.05) is 23.7 Å². The third kappa shape index (κ3) is 3.10. The van der Waals surface area contributed by atoms with Crippen LogP contribution < -0.4 is 0 Å². The summed E-state index contributed by atoms with van der Waals surface area (Å²) in [7, 11) is 0. The molecule has 100 valence electrons. The molecule has 0 N–H and O–H groups in total. The molecule has 0 radical (unpaired) electrons. The van der Waals surface area contributed by atoms with Gasteiger partial charge in [0.15, 0.2) is 0 Å². The van der Waals surface area contributed by atoms with Crippen molar-refractivity contribution < 1.29 is 8.78 Å². The Morgan fingerprint density at radius 3 is 2.42 bits per heavy atom. The molecule has 0 nitrogen and oxygen atoms in total. The number of benzene rings is 2. The Balaban J connectivity index is 2.46. The lowest BCUT2D eigenvalue weighted by atomic mass is 10.0. The number of alkyl halides is 1. The molecule has 0 aromatic heterocycles. The quantitative estimate of drug-likeness (QED) is 0.451. The van der Waals surface area contributed by atoms with E-state index < -0.39 is 11.2 Å². The third-order valence-corrected chi connectivity index (χ3v) is 4.49. The smallest absolute Gasteiger partial charge is 0.129 e. The fraction of sp³-hybridized carbons (Fsp3) is 0.143. The van der Waals surface area contributed by atoms with Crippen molar-refractivity contribution in [2.24, 2.45) is 0 Å². The van der Waals surface area contributed by atoms with Crippen molar-refractivity contribution in [3.8, 4) is 0 Å². The second kappa shape index (κ2) is 5.78. The highest BCUT2D eigenvalue weighted by Crippen LogP contribution is 2.35. The summed E-state index contributed by atoms with van der Waals surface area (Å²) in [5.74, 6) is -0.857. The highest BCUT2D eigenvalue weighted by atomic mass is 79.9. The minimum absolute atomic E-state index is 0.220. The molecule has 0 aliphatic rings. The lowest BCUT2D eigenvalue weighted by Crippen LogP contribution is -1.99. The lowest BCUT2D eigenvalue weighted by Gasteiger charge is -2.13. The van der Waals surface area contributed by atoms with Crippen LogP contribution in [-0.4, -0.2) is 0 Å². The number of aryl methyl sites for hydroxylation is 1. The van der Waals surface area contributed by atoms with Crippen LogP contribution in [0, 0.1) is 18.6 Å². The van der Waals surface area contributed by atoms with E-state index >= 15 is 0 Å². The van der Waals surface area contributed by atoms with E-state index in [0.29, 0.717) is 20.6 Å². The molecule has 1 atom stereocenters. The zero-order valence-corrected chi connectivity index (χ0v) is 13.0. The van der Waals surface area contributed by atoms with E-state index in [2.05, 4.69) is 15.9 Å². The summed E-state index contributed by atoms with van der Waals surface area (Å²) in [6, 6.07) is 7.28. The third-order valence-electron chi connectivity index (χ3n) is 2.80. The van der Waals surface area contributed by atoms with E-state index in [9.17, 15) is 8.78 Å². The predicted molar refractivity (Wildman–Crippen MR) is 77.9 cm³/mol. The van der Waals surface area contributed by atoms with Crippen LogP contribution in [0.1, 0.15) is 22.1 Å². The first-order valence-electron chi connectivity index (χ1n) is 5.44. The molecule has 2 aromatic carbocycles. The maximum Gasteiger partial charge on any atom is 0.129 e. The van der Waals surface area contributed by atoms with Crippen molar-refractivity contribution in [2.75, 3.05) is 0 Å². The first-order chi connectivity index (χ1) is 8.90. The summed E-state index contributed by atoms with van der Waals surface area (Å²) in [5, 5.41) is -0.435. The van der Waals surface area contributed by atoms with Crippen molar-refractivity contribution >= 4 is 39.1 Å². The van der Waals surface area contributed by atoms with Gasteiger partial charge in [0.05, 0.1) is 10.4 Å². The number of hydrogen-bond acceptors (Lipinski definition) is 0. The van der Waals surface area contributed by atoms with Gasteiger partial charge >= 0.3 is 0 Å². The fourth-order valence-corrected chi connectivity index (χ4v) is 2.47. The van der Waals surface area contributed by atoms with Gasteiger partial charge in [0, 0.05) is 10.0 Å². The molecule has 0 fully saturated rings. The van der Waals surface area contributed by atoms with E-state index in [4.69, 9.17) is 23.2 Å². The largest absolute Gasteiger partial charge is 0.207 e. The molecule has 0 saturated carbocycles. The van der Waals surface area contributed by atoms with E-state index in [1.807, 2.05) is 0 Å². The van der Waals surface area contributed by atoms with Crippen molar-refractivity contribution in [3.05, 3.63) is 68.2 Å². The van der Waals surface area contributed by atoms with Crippen molar-refractivity contribution in [1.29, 1.82) is 0 Å². The second-order valence-corrected chi connectivity index (χ2v) is 5.86. The predicted octanol–water partition coefficient (Wildman–Crippen LogP) is 6.02. The number of halogens is 5. The molecule has 5 heteroatoms. The minimum Gasteiger partial charge on any atom is -0.207 e. The van der Waals surface area contributed by atoms with Crippen LogP contribution in [0.25, 0.3) is 0 Å². The second-order valence-electron chi connectivity index (χ2n) is 4.16. The summed E-state index contributed by atoms with van der Waals surface area (Å²) in [5.41, 5.74) is 1.22. The maximum atomic E-state index is 13.9. The first kappa shape index (κ1) is 14.8. The Labute approximate surface area is 128 Å². The van der Waals surface area contributed by atoms with Gasteiger partial charge in [-0.25, -0.2) is 8.78 Å². The Bertz CT molecular complexity index is 629. The molecule has 0 amide bonds. The van der Waals surface area contributed by atoms with Crippen LogP contribution in [0.5, 0.6) is 0 Å². The molecule has 0 aliphatic heterocycles. The monoisotopic (exact) mass is 364 g/mol. The highest BCUT2D eigenvalue weighted by Gasteiger charge is 2.18. The van der Waals surface area contributed by atoms with Crippen molar-refractivity contribution in [3.63, 3.8) is 0 Å². The van der Waals surface area contributed by atoms with Crippen LogP contribution in [-0.2, 0) is 0 Å². The molecule has 2 aromatic rings. The average Bonchev–Trinajstić information content (AvgIpc) is 2.36. The zero-order chi connectivity index (χ0) is 14.2. The average molecular weight is 366 g/mol. The van der Waals surface area contributed by atoms with Gasteiger partial charge in [0.1, 0.15) is 11.6 Å². The highest BCUT2D eigenvalue weighted by molar-refractivity contribution is 9.10. The van der Waals surface area contributed by atoms with Gasteiger partial charge in [0.25, 0.3) is 0 Å². The summed E-state index contributed by atoms with van der Waals surface area (Å²) in [6.07, 6.45) is 0. The van der Waals surface area contributed by atoms with Crippen molar-refractivity contribution in [1.82, 2.24) is 0 Å². The van der Waals surface area contributed by atoms with E-state index in [0.717, 1.165) is 0 Å². The minimum atomic E-state index is -0.791. The van der Waals surface area contributed by atoms with E-state index in [1.165, 1.54) is 18.2 Å². The molecule has 0 spiro atoms. The standard InChI is InChI=1S/C14H9BrCl2F2/c1-7-2-3-8(4-12(7)18)14(17)9-5-11(16)10(15)6-13(9)19/h2-6,14H,1H3. The Morgan fingerprint density at radius 2 is 1.79 bits per heavy atom. The Kier molecular flexibility index (Phi) is 4.49. The molecule has 0 aliphatic carbocycles. The lowest BCUT2D eigenvalue weighted by molar-refractivity contribution is 0.606. The molecule has 0 bridgehead atoms. The van der Waals surface area contributed by atoms with Crippen LogP contribution in [0.2, 0.25) is 5.02 Å². The van der Waals surface area contributed by atoms with Crippen LogP contribution in [0.15, 0.2) is 34.8 Å². The number of rotatable bonds is 2. The van der Waals surface area contributed by atoms with Crippen LogP contribution >= 0.6 is 39.1 Å². The zero-order valence-electron chi connectivity index (χ0n) is 9.85. The SMILES string of the molecule is Cc1ccc(C(Cl)c2cc(Cl)c(Br)cc2F)cc1F. The van der Waals surface area contributed by atoms with Gasteiger partial charge in [-0.15, -0.1) is 11.6 Å². The molecule has 2 rings (SSSR count). The van der Waals surface area contributed by atoms with Gasteiger partial charge in [-0.2, -0.15) is 0 Å². The Morgan fingerprint density at radius 1 is 1.11 bits per heavy atom. The summed E-state index contributed by atoms with van der Waals surface area (Å²) in [4.78, 5) is 0.